The van der Waals surface area contributed by atoms with Crippen LogP contribution >= 0.6 is 11.3 Å². The lowest BCUT2D eigenvalue weighted by atomic mass is 9.97. The Morgan fingerprint density at radius 2 is 2.00 bits per heavy atom. The van der Waals surface area contributed by atoms with Gasteiger partial charge in [-0.2, -0.15) is 0 Å². The van der Waals surface area contributed by atoms with E-state index in [0.29, 0.717) is 28.9 Å². The van der Waals surface area contributed by atoms with Crippen LogP contribution < -0.4 is 10.9 Å². The van der Waals surface area contributed by atoms with E-state index in [-0.39, 0.29) is 24.3 Å². The first kappa shape index (κ1) is 17.6. The number of carbonyl (C=O) groups is 2. The summed E-state index contributed by atoms with van der Waals surface area (Å²) >= 11 is 1.46. The number of aromatic nitrogens is 2. The Morgan fingerprint density at radius 3 is 2.64 bits per heavy atom. The van der Waals surface area contributed by atoms with Crippen molar-refractivity contribution in [3.05, 3.63) is 26.6 Å². The second-order valence-corrected chi connectivity index (χ2v) is 7.82. The molecule has 0 aliphatic heterocycles. The third-order valence-electron chi connectivity index (χ3n) is 4.92. The lowest BCUT2D eigenvalue weighted by molar-refractivity contribution is -0.147. The van der Waals surface area contributed by atoms with Gasteiger partial charge < -0.3 is 15.4 Å². The number of amides is 1. The topological polar surface area (TPSA) is 112 Å². The minimum absolute atomic E-state index is 0.0901. The molecule has 0 radical (unpaired) electrons. The molecule has 3 rings (SSSR count). The van der Waals surface area contributed by atoms with Crippen LogP contribution in [-0.4, -0.2) is 32.5 Å². The summed E-state index contributed by atoms with van der Waals surface area (Å²) in [6.07, 6.45) is 2.88. The van der Waals surface area contributed by atoms with E-state index in [0.717, 1.165) is 23.3 Å². The number of hydrogen-bond donors (Lipinski definition) is 3. The van der Waals surface area contributed by atoms with E-state index in [1.807, 2.05) is 13.8 Å². The molecule has 1 aliphatic rings. The number of rotatable bonds is 5. The Morgan fingerprint density at radius 1 is 1.32 bits per heavy atom. The van der Waals surface area contributed by atoms with Crippen molar-refractivity contribution in [2.75, 3.05) is 0 Å². The van der Waals surface area contributed by atoms with Crippen molar-refractivity contribution in [3.8, 4) is 0 Å². The summed E-state index contributed by atoms with van der Waals surface area (Å²) < 4.78 is 0. The molecule has 25 heavy (non-hydrogen) atoms. The molecule has 0 saturated heterocycles. The van der Waals surface area contributed by atoms with Gasteiger partial charge >= 0.3 is 5.97 Å². The molecule has 0 aromatic carbocycles. The molecule has 0 unspecified atom stereocenters. The zero-order valence-electron chi connectivity index (χ0n) is 14.3. The molecule has 0 atom stereocenters. The van der Waals surface area contributed by atoms with Crippen molar-refractivity contribution < 1.29 is 14.7 Å². The number of carboxylic acid groups (broad SMARTS) is 1. The van der Waals surface area contributed by atoms with Crippen molar-refractivity contribution >= 4 is 33.4 Å². The predicted octanol–water partition coefficient (Wildman–Crippen LogP) is 2.05. The molecule has 8 heteroatoms. The Balaban J connectivity index is 1.71. The fourth-order valence-corrected chi connectivity index (χ4v) is 4.40. The van der Waals surface area contributed by atoms with Gasteiger partial charge in [-0.05, 0) is 32.3 Å². The van der Waals surface area contributed by atoms with Crippen LogP contribution in [0.3, 0.4) is 0 Å². The molecule has 2 aromatic rings. The van der Waals surface area contributed by atoms with Gasteiger partial charge in [0.2, 0.25) is 5.91 Å². The highest BCUT2D eigenvalue weighted by Crippen LogP contribution is 2.30. The summed E-state index contributed by atoms with van der Waals surface area (Å²) in [7, 11) is 0. The number of carbonyl (C=O) groups excluding carboxylic acids is 1. The summed E-state index contributed by atoms with van der Waals surface area (Å²) in [5, 5.41) is 12.7. The highest BCUT2D eigenvalue weighted by molar-refractivity contribution is 7.18. The van der Waals surface area contributed by atoms with E-state index in [2.05, 4.69) is 15.3 Å². The maximum atomic E-state index is 12.2. The van der Waals surface area contributed by atoms with Crippen molar-refractivity contribution in [3.63, 3.8) is 0 Å². The molecule has 0 bridgehead atoms. The van der Waals surface area contributed by atoms with Gasteiger partial charge in [-0.1, -0.05) is 12.8 Å². The third-order valence-corrected chi connectivity index (χ3v) is 6.02. The maximum absolute atomic E-state index is 12.2. The van der Waals surface area contributed by atoms with Gasteiger partial charge in [0.15, 0.2) is 0 Å². The lowest BCUT2D eigenvalue weighted by Gasteiger charge is -2.25. The van der Waals surface area contributed by atoms with Crippen LogP contribution in [0, 0.1) is 13.8 Å². The Bertz CT molecular complexity index is 893. The van der Waals surface area contributed by atoms with Crippen LogP contribution in [0.15, 0.2) is 4.79 Å². The van der Waals surface area contributed by atoms with E-state index in [1.165, 1.54) is 11.3 Å². The molecular weight excluding hydrogens is 342 g/mol. The SMILES string of the molecule is Cc1sc2nc(CCC(=O)NC3(C(=O)O)CCCC3)[nH]c(=O)c2c1C. The molecular formula is C17H21N3O4S. The quantitative estimate of drug-likeness (QED) is 0.753. The Labute approximate surface area is 148 Å². The summed E-state index contributed by atoms with van der Waals surface area (Å²) in [6.45, 7) is 3.84. The second kappa shape index (κ2) is 6.59. The number of hydrogen-bond acceptors (Lipinski definition) is 5. The first-order chi connectivity index (χ1) is 11.8. The van der Waals surface area contributed by atoms with Gasteiger partial charge in [-0.25, -0.2) is 9.78 Å². The van der Waals surface area contributed by atoms with Crippen LogP contribution in [0.4, 0.5) is 0 Å². The van der Waals surface area contributed by atoms with Crippen LogP contribution in [0.5, 0.6) is 0 Å². The molecule has 134 valence electrons. The molecule has 1 aliphatic carbocycles. The van der Waals surface area contributed by atoms with Crippen LogP contribution in [0.1, 0.15) is 48.4 Å². The smallest absolute Gasteiger partial charge is 0.329 e. The van der Waals surface area contributed by atoms with Crippen molar-refractivity contribution in [1.82, 2.24) is 15.3 Å². The number of nitrogens with one attached hydrogen (secondary N) is 2. The fraction of sp³-hybridized carbons (Fsp3) is 0.529. The number of aliphatic carboxylic acids is 1. The largest absolute Gasteiger partial charge is 0.480 e. The monoisotopic (exact) mass is 363 g/mol. The normalized spacial score (nSPS) is 16.2. The molecule has 3 N–H and O–H groups in total. The van der Waals surface area contributed by atoms with Gasteiger partial charge in [0, 0.05) is 17.7 Å². The molecule has 2 heterocycles. The van der Waals surface area contributed by atoms with Crippen molar-refractivity contribution in [2.24, 2.45) is 0 Å². The zero-order chi connectivity index (χ0) is 18.2. The molecule has 1 saturated carbocycles. The van der Waals surface area contributed by atoms with Gasteiger partial charge in [-0.15, -0.1) is 11.3 Å². The van der Waals surface area contributed by atoms with Gasteiger partial charge in [0.05, 0.1) is 5.39 Å². The van der Waals surface area contributed by atoms with Gasteiger partial charge in [0.1, 0.15) is 16.2 Å². The number of H-pyrrole nitrogens is 1. The van der Waals surface area contributed by atoms with E-state index >= 15 is 0 Å². The summed E-state index contributed by atoms with van der Waals surface area (Å²) in [4.78, 5) is 44.8. The lowest BCUT2D eigenvalue weighted by Crippen LogP contribution is -2.52. The molecule has 1 fully saturated rings. The standard InChI is InChI=1S/C17H21N3O4S/c1-9-10(2)25-15-13(9)14(22)18-11(19-15)5-6-12(21)20-17(16(23)24)7-3-4-8-17/h3-8H2,1-2H3,(H,20,21)(H,23,24)(H,18,19,22). The zero-order valence-corrected chi connectivity index (χ0v) is 15.1. The number of fused-ring (bicyclic) bond motifs is 1. The van der Waals surface area contributed by atoms with Crippen LogP contribution in [0.25, 0.3) is 10.2 Å². The molecule has 1 amide bonds. The molecule has 2 aromatic heterocycles. The number of aromatic amines is 1. The minimum Gasteiger partial charge on any atom is -0.480 e. The van der Waals surface area contributed by atoms with E-state index in [4.69, 9.17) is 0 Å². The molecule has 0 spiro atoms. The summed E-state index contributed by atoms with van der Waals surface area (Å²) in [6, 6.07) is 0. The first-order valence-corrected chi connectivity index (χ1v) is 9.17. The first-order valence-electron chi connectivity index (χ1n) is 8.36. The number of aryl methyl sites for hydroxylation is 3. The minimum atomic E-state index is -1.14. The highest BCUT2D eigenvalue weighted by atomic mass is 32.1. The average molecular weight is 363 g/mol. The highest BCUT2D eigenvalue weighted by Gasteiger charge is 2.42. The van der Waals surface area contributed by atoms with E-state index < -0.39 is 11.5 Å². The number of thiophene rings is 1. The van der Waals surface area contributed by atoms with Gasteiger partial charge in [0.25, 0.3) is 5.56 Å². The summed E-state index contributed by atoms with van der Waals surface area (Å²) in [5.41, 5.74) is -0.396. The van der Waals surface area contributed by atoms with Crippen LogP contribution in [0.2, 0.25) is 0 Å². The molecule has 7 nitrogen and oxygen atoms in total. The van der Waals surface area contributed by atoms with Crippen molar-refractivity contribution in [2.45, 2.75) is 57.9 Å². The average Bonchev–Trinajstić information content (AvgIpc) is 3.12. The Hall–Kier alpha value is -2.22. The Kier molecular flexibility index (Phi) is 4.64. The van der Waals surface area contributed by atoms with E-state index in [1.54, 1.807) is 0 Å². The maximum Gasteiger partial charge on any atom is 0.329 e. The number of carboxylic acids is 1. The second-order valence-electron chi connectivity index (χ2n) is 6.62. The predicted molar refractivity (Wildman–Crippen MR) is 95.0 cm³/mol. The summed E-state index contributed by atoms with van der Waals surface area (Å²) in [5.74, 6) is -0.855. The fourth-order valence-electron chi connectivity index (χ4n) is 3.35. The van der Waals surface area contributed by atoms with Crippen LogP contribution in [-0.2, 0) is 16.0 Å². The number of nitrogens with zero attached hydrogens (tertiary/aromatic N) is 1. The third kappa shape index (κ3) is 3.30. The van der Waals surface area contributed by atoms with Crippen molar-refractivity contribution in [1.29, 1.82) is 0 Å². The van der Waals surface area contributed by atoms with E-state index in [9.17, 15) is 19.5 Å². The van der Waals surface area contributed by atoms with Gasteiger partial charge in [-0.3, -0.25) is 9.59 Å².